The van der Waals surface area contributed by atoms with Crippen molar-refractivity contribution in [3.63, 3.8) is 0 Å². The van der Waals surface area contributed by atoms with Crippen LogP contribution >= 0.6 is 0 Å². The Kier molecular flexibility index (Phi) is 5.51. The Morgan fingerprint density at radius 2 is 1.94 bits per heavy atom. The highest BCUT2D eigenvalue weighted by atomic mass is 28.3. The lowest BCUT2D eigenvalue weighted by molar-refractivity contribution is 0.684. The minimum atomic E-state index is -1.33. The SMILES string of the molecule is C[Si](C)(C)C#CC[C@H](Cc1ccccc1)N=[N+]=[N-]. The van der Waals surface area contributed by atoms with Crippen molar-refractivity contribution in [2.45, 2.75) is 38.5 Å². The van der Waals surface area contributed by atoms with Gasteiger partial charge in [0.05, 0.1) is 6.04 Å². The van der Waals surface area contributed by atoms with Crippen LogP contribution < -0.4 is 0 Å². The molecule has 0 aliphatic heterocycles. The van der Waals surface area contributed by atoms with Crippen LogP contribution in [0.4, 0.5) is 0 Å². The van der Waals surface area contributed by atoms with Crippen LogP contribution in [0.2, 0.25) is 19.6 Å². The lowest BCUT2D eigenvalue weighted by Gasteiger charge is -2.08. The van der Waals surface area contributed by atoms with Crippen LogP contribution in [0.3, 0.4) is 0 Å². The standard InChI is InChI=1S/C14H19N3Si/c1-18(2,3)11-7-10-14(16-17-15)12-13-8-5-4-6-9-13/h4-6,8-9,14H,10,12H2,1-3H3/t14-/m1/s1. The fourth-order valence-electron chi connectivity index (χ4n) is 1.55. The van der Waals surface area contributed by atoms with Gasteiger partial charge in [-0.05, 0) is 17.5 Å². The van der Waals surface area contributed by atoms with Gasteiger partial charge in [-0.3, -0.25) is 0 Å². The molecule has 0 saturated carbocycles. The Morgan fingerprint density at radius 1 is 1.28 bits per heavy atom. The molecule has 0 amide bonds. The first-order chi connectivity index (χ1) is 8.51. The third-order valence-electron chi connectivity index (χ3n) is 2.33. The summed E-state index contributed by atoms with van der Waals surface area (Å²) in [6, 6.07) is 10.0. The molecule has 0 spiro atoms. The number of nitrogens with zero attached hydrogens (tertiary/aromatic N) is 3. The molecular weight excluding hydrogens is 238 g/mol. The minimum Gasteiger partial charge on any atom is -0.132 e. The van der Waals surface area contributed by atoms with E-state index < -0.39 is 8.07 Å². The molecule has 0 aliphatic rings. The number of rotatable bonds is 4. The van der Waals surface area contributed by atoms with E-state index in [0.717, 1.165) is 6.42 Å². The fourth-order valence-corrected chi connectivity index (χ4v) is 2.18. The Bertz CT molecular complexity index is 473. The van der Waals surface area contributed by atoms with E-state index in [4.69, 9.17) is 5.53 Å². The first-order valence-corrected chi connectivity index (χ1v) is 9.59. The maximum atomic E-state index is 8.59. The highest BCUT2D eigenvalue weighted by Crippen LogP contribution is 2.09. The van der Waals surface area contributed by atoms with Gasteiger partial charge in [0.25, 0.3) is 0 Å². The maximum absolute atomic E-state index is 8.59. The summed E-state index contributed by atoms with van der Waals surface area (Å²) in [7, 11) is -1.33. The summed E-state index contributed by atoms with van der Waals surface area (Å²) in [6.07, 6.45) is 1.40. The smallest absolute Gasteiger partial charge is 0.129 e. The van der Waals surface area contributed by atoms with Gasteiger partial charge in [0.15, 0.2) is 0 Å². The summed E-state index contributed by atoms with van der Waals surface area (Å²) in [4.78, 5) is 2.92. The second-order valence-electron chi connectivity index (χ2n) is 5.30. The molecule has 1 aromatic rings. The van der Waals surface area contributed by atoms with Gasteiger partial charge < -0.3 is 0 Å². The summed E-state index contributed by atoms with van der Waals surface area (Å²) in [5.41, 5.74) is 13.1. The Hall–Kier alpha value is -1.69. The van der Waals surface area contributed by atoms with Gasteiger partial charge in [-0.2, -0.15) is 0 Å². The normalized spacial score (nSPS) is 11.9. The van der Waals surface area contributed by atoms with E-state index in [1.54, 1.807) is 0 Å². The zero-order valence-electron chi connectivity index (χ0n) is 11.2. The van der Waals surface area contributed by atoms with Gasteiger partial charge in [0.1, 0.15) is 8.07 Å². The Morgan fingerprint density at radius 3 is 2.50 bits per heavy atom. The lowest BCUT2D eigenvalue weighted by Crippen LogP contribution is -2.16. The van der Waals surface area contributed by atoms with E-state index >= 15 is 0 Å². The largest absolute Gasteiger partial charge is 0.132 e. The average molecular weight is 257 g/mol. The van der Waals surface area contributed by atoms with Crippen LogP contribution in [0.25, 0.3) is 10.4 Å². The zero-order chi connectivity index (χ0) is 13.4. The van der Waals surface area contributed by atoms with Crippen LogP contribution in [-0.4, -0.2) is 14.1 Å². The monoisotopic (exact) mass is 257 g/mol. The molecule has 0 fully saturated rings. The van der Waals surface area contributed by atoms with Crippen LogP contribution in [-0.2, 0) is 6.42 Å². The van der Waals surface area contributed by atoms with Crippen molar-refractivity contribution in [1.82, 2.24) is 0 Å². The Balaban J connectivity index is 2.66. The van der Waals surface area contributed by atoms with Crippen LogP contribution in [0.1, 0.15) is 12.0 Å². The second-order valence-corrected chi connectivity index (χ2v) is 10.1. The molecule has 0 bridgehead atoms. The van der Waals surface area contributed by atoms with Gasteiger partial charge in [-0.25, -0.2) is 0 Å². The number of hydrogen-bond acceptors (Lipinski definition) is 1. The molecule has 0 aromatic heterocycles. The summed E-state index contributed by atoms with van der Waals surface area (Å²) >= 11 is 0. The minimum absolute atomic E-state index is 0.0683. The second kappa shape index (κ2) is 6.90. The van der Waals surface area contributed by atoms with E-state index in [1.807, 2.05) is 30.3 Å². The molecule has 1 atom stereocenters. The highest BCUT2D eigenvalue weighted by Gasteiger charge is 2.09. The van der Waals surface area contributed by atoms with Crippen LogP contribution in [0.15, 0.2) is 35.4 Å². The van der Waals surface area contributed by atoms with E-state index in [1.165, 1.54) is 5.56 Å². The van der Waals surface area contributed by atoms with Crippen molar-refractivity contribution in [3.05, 3.63) is 46.3 Å². The van der Waals surface area contributed by atoms with Crippen molar-refractivity contribution in [2.24, 2.45) is 5.11 Å². The molecular formula is C14H19N3Si. The summed E-state index contributed by atoms with van der Waals surface area (Å²) in [5.74, 6) is 3.18. The molecule has 0 radical (unpaired) electrons. The van der Waals surface area contributed by atoms with E-state index in [0.29, 0.717) is 6.42 Å². The molecule has 18 heavy (non-hydrogen) atoms. The van der Waals surface area contributed by atoms with Gasteiger partial charge in [0.2, 0.25) is 0 Å². The van der Waals surface area contributed by atoms with Crippen LogP contribution in [0.5, 0.6) is 0 Å². The molecule has 0 N–H and O–H groups in total. The third-order valence-corrected chi connectivity index (χ3v) is 3.26. The Labute approximate surface area is 110 Å². The van der Waals surface area contributed by atoms with E-state index in [2.05, 4.69) is 41.1 Å². The summed E-state index contributed by atoms with van der Waals surface area (Å²) in [5, 5.41) is 3.83. The van der Waals surface area contributed by atoms with Crippen molar-refractivity contribution < 1.29 is 0 Å². The fraction of sp³-hybridized carbons (Fsp3) is 0.429. The molecule has 0 saturated heterocycles. The topological polar surface area (TPSA) is 48.8 Å². The zero-order valence-corrected chi connectivity index (χ0v) is 12.2. The first-order valence-electron chi connectivity index (χ1n) is 6.09. The van der Waals surface area contributed by atoms with E-state index in [-0.39, 0.29) is 6.04 Å². The predicted molar refractivity (Wildman–Crippen MR) is 78.8 cm³/mol. The molecule has 0 unspecified atom stereocenters. The summed E-state index contributed by atoms with van der Waals surface area (Å²) in [6.45, 7) is 6.62. The van der Waals surface area contributed by atoms with Gasteiger partial charge in [-0.15, -0.1) is 11.5 Å². The molecule has 94 valence electrons. The number of azide groups is 1. The van der Waals surface area contributed by atoms with Gasteiger partial charge >= 0.3 is 0 Å². The molecule has 4 heteroatoms. The molecule has 1 rings (SSSR count). The van der Waals surface area contributed by atoms with Crippen molar-refractivity contribution in [1.29, 1.82) is 0 Å². The first kappa shape index (κ1) is 14.4. The molecule has 0 aliphatic carbocycles. The molecule has 1 aromatic carbocycles. The third kappa shape index (κ3) is 6.14. The predicted octanol–water partition coefficient (Wildman–Crippen LogP) is 4.18. The molecule has 3 nitrogen and oxygen atoms in total. The maximum Gasteiger partial charge on any atom is 0.129 e. The average Bonchev–Trinajstić information content (AvgIpc) is 2.29. The van der Waals surface area contributed by atoms with Gasteiger partial charge in [-0.1, -0.05) is 55.1 Å². The quantitative estimate of drug-likeness (QED) is 0.255. The lowest BCUT2D eigenvalue weighted by atomic mass is 10.0. The molecule has 0 heterocycles. The number of hydrogen-bond donors (Lipinski definition) is 0. The van der Waals surface area contributed by atoms with E-state index in [9.17, 15) is 0 Å². The van der Waals surface area contributed by atoms with Gasteiger partial charge in [0, 0.05) is 11.3 Å². The number of benzene rings is 1. The highest BCUT2D eigenvalue weighted by molar-refractivity contribution is 6.83. The van der Waals surface area contributed by atoms with Crippen molar-refractivity contribution in [3.8, 4) is 11.5 Å². The van der Waals surface area contributed by atoms with Crippen molar-refractivity contribution in [2.75, 3.05) is 0 Å². The summed E-state index contributed by atoms with van der Waals surface area (Å²) < 4.78 is 0. The van der Waals surface area contributed by atoms with Crippen LogP contribution in [0, 0.1) is 11.5 Å². The van der Waals surface area contributed by atoms with Crippen molar-refractivity contribution >= 4 is 8.07 Å².